The summed E-state index contributed by atoms with van der Waals surface area (Å²) in [7, 11) is 1.69. The molecule has 0 aliphatic rings. The second kappa shape index (κ2) is 7.31. The zero-order chi connectivity index (χ0) is 17.8. The number of carbonyl (C=O) groups is 1. The summed E-state index contributed by atoms with van der Waals surface area (Å²) in [5.74, 6) is 0. The standard InChI is InChI=1S/C18H17N3O3S/c1-19-15-13-8-3-4-9-14(13)24-17(22)16(15)21-18(23)20-11-6-5-7-12(10-11)25-2/h3-10,19H,1-2H3,(H2,20,21,23). The maximum atomic E-state index is 12.3. The SMILES string of the molecule is CNc1c(NC(=O)Nc2cccc(SC)c2)c(=O)oc2ccccc12. The molecule has 0 unspecified atom stereocenters. The van der Waals surface area contributed by atoms with Gasteiger partial charge in [-0.25, -0.2) is 9.59 Å². The van der Waals surface area contributed by atoms with Crippen LogP contribution in [0, 0.1) is 0 Å². The maximum Gasteiger partial charge on any atom is 0.362 e. The van der Waals surface area contributed by atoms with Crippen molar-refractivity contribution in [2.24, 2.45) is 0 Å². The summed E-state index contributed by atoms with van der Waals surface area (Å²) in [4.78, 5) is 25.6. The van der Waals surface area contributed by atoms with Gasteiger partial charge in [0.05, 0.1) is 5.69 Å². The van der Waals surface area contributed by atoms with Crippen LogP contribution in [-0.2, 0) is 0 Å². The van der Waals surface area contributed by atoms with Crippen LogP contribution < -0.4 is 21.6 Å². The molecule has 0 aliphatic carbocycles. The Balaban J connectivity index is 1.90. The van der Waals surface area contributed by atoms with E-state index in [2.05, 4.69) is 16.0 Å². The van der Waals surface area contributed by atoms with Gasteiger partial charge in [-0.3, -0.25) is 5.32 Å². The van der Waals surface area contributed by atoms with Crippen molar-refractivity contribution in [2.45, 2.75) is 4.90 Å². The van der Waals surface area contributed by atoms with Gasteiger partial charge in [-0.1, -0.05) is 18.2 Å². The first kappa shape index (κ1) is 16.9. The minimum absolute atomic E-state index is 0.0692. The number of urea groups is 1. The molecule has 3 aromatic rings. The van der Waals surface area contributed by atoms with E-state index in [1.54, 1.807) is 37.0 Å². The van der Waals surface area contributed by atoms with E-state index in [1.165, 1.54) is 0 Å². The van der Waals surface area contributed by atoms with Crippen LogP contribution in [0.5, 0.6) is 0 Å². The summed E-state index contributed by atoms with van der Waals surface area (Å²) in [5.41, 5.74) is 1.06. The number of benzene rings is 2. The van der Waals surface area contributed by atoms with Gasteiger partial charge in [0.1, 0.15) is 5.58 Å². The van der Waals surface area contributed by atoms with Crippen molar-refractivity contribution in [1.82, 2.24) is 0 Å². The molecule has 1 heterocycles. The Morgan fingerprint density at radius 1 is 1.04 bits per heavy atom. The van der Waals surface area contributed by atoms with Crippen LogP contribution in [0.25, 0.3) is 11.0 Å². The zero-order valence-electron chi connectivity index (χ0n) is 13.8. The Morgan fingerprint density at radius 3 is 2.60 bits per heavy atom. The van der Waals surface area contributed by atoms with E-state index < -0.39 is 11.7 Å². The molecular formula is C18H17N3O3S. The van der Waals surface area contributed by atoms with Gasteiger partial charge in [-0.15, -0.1) is 11.8 Å². The van der Waals surface area contributed by atoms with E-state index in [0.29, 0.717) is 22.3 Å². The van der Waals surface area contributed by atoms with Gasteiger partial charge < -0.3 is 15.1 Å². The first-order valence-corrected chi connectivity index (χ1v) is 8.80. The Kier molecular flexibility index (Phi) is 4.95. The topological polar surface area (TPSA) is 83.4 Å². The van der Waals surface area contributed by atoms with Gasteiger partial charge in [-0.05, 0) is 36.6 Å². The van der Waals surface area contributed by atoms with Crippen molar-refractivity contribution >= 4 is 45.8 Å². The van der Waals surface area contributed by atoms with E-state index in [0.717, 1.165) is 4.90 Å². The summed E-state index contributed by atoms with van der Waals surface area (Å²) >= 11 is 1.58. The minimum atomic E-state index is -0.615. The Bertz CT molecular complexity index is 985. The molecule has 7 heteroatoms. The number of amides is 2. The third-order valence-corrected chi connectivity index (χ3v) is 4.35. The van der Waals surface area contributed by atoms with E-state index in [4.69, 9.17) is 4.42 Å². The average molecular weight is 355 g/mol. The zero-order valence-corrected chi connectivity index (χ0v) is 14.6. The van der Waals surface area contributed by atoms with Crippen molar-refractivity contribution in [2.75, 3.05) is 29.3 Å². The molecule has 128 valence electrons. The molecule has 2 aromatic carbocycles. The fraction of sp³-hybridized carbons (Fsp3) is 0.111. The maximum absolute atomic E-state index is 12.3. The molecule has 0 saturated carbocycles. The number of rotatable bonds is 4. The number of hydrogen-bond donors (Lipinski definition) is 3. The van der Waals surface area contributed by atoms with E-state index in [1.807, 2.05) is 36.6 Å². The van der Waals surface area contributed by atoms with Gasteiger partial charge >= 0.3 is 11.7 Å². The summed E-state index contributed by atoms with van der Waals surface area (Å²) in [6, 6.07) is 14.1. The molecule has 0 aliphatic heterocycles. The predicted octanol–water partition coefficient (Wildman–Crippen LogP) is 4.20. The fourth-order valence-electron chi connectivity index (χ4n) is 2.50. The van der Waals surface area contributed by atoms with Crippen molar-refractivity contribution in [3.63, 3.8) is 0 Å². The van der Waals surface area contributed by atoms with Crippen molar-refractivity contribution in [3.05, 3.63) is 59.0 Å². The monoisotopic (exact) mass is 355 g/mol. The molecule has 3 rings (SSSR count). The van der Waals surface area contributed by atoms with Gasteiger partial charge in [0, 0.05) is 23.0 Å². The number of carbonyl (C=O) groups excluding carboxylic acids is 1. The number of hydrogen-bond acceptors (Lipinski definition) is 5. The smallest absolute Gasteiger partial charge is 0.362 e. The summed E-state index contributed by atoms with van der Waals surface area (Å²) in [5, 5.41) is 8.98. The first-order chi connectivity index (χ1) is 12.1. The number of fused-ring (bicyclic) bond motifs is 1. The highest BCUT2D eigenvalue weighted by Gasteiger charge is 2.16. The largest absolute Gasteiger partial charge is 0.421 e. The molecule has 6 nitrogen and oxygen atoms in total. The summed E-state index contributed by atoms with van der Waals surface area (Å²) in [6.45, 7) is 0. The fourth-order valence-corrected chi connectivity index (χ4v) is 2.96. The highest BCUT2D eigenvalue weighted by molar-refractivity contribution is 7.98. The second-order valence-electron chi connectivity index (χ2n) is 5.20. The van der Waals surface area contributed by atoms with Crippen LogP contribution in [0.3, 0.4) is 0 Å². The molecule has 2 amide bonds. The van der Waals surface area contributed by atoms with Crippen molar-refractivity contribution in [3.8, 4) is 0 Å². The Morgan fingerprint density at radius 2 is 1.84 bits per heavy atom. The molecule has 1 aromatic heterocycles. The second-order valence-corrected chi connectivity index (χ2v) is 6.08. The van der Waals surface area contributed by atoms with Gasteiger partial charge in [0.15, 0.2) is 5.69 Å². The highest BCUT2D eigenvalue weighted by Crippen LogP contribution is 2.28. The molecule has 0 radical (unpaired) electrons. The lowest BCUT2D eigenvalue weighted by Gasteiger charge is -2.12. The molecule has 0 atom stereocenters. The number of para-hydroxylation sites is 1. The Hall–Kier alpha value is -2.93. The van der Waals surface area contributed by atoms with Crippen molar-refractivity contribution < 1.29 is 9.21 Å². The number of nitrogens with one attached hydrogen (secondary N) is 3. The summed E-state index contributed by atoms with van der Waals surface area (Å²) < 4.78 is 5.28. The first-order valence-electron chi connectivity index (χ1n) is 7.58. The van der Waals surface area contributed by atoms with Gasteiger partial charge in [0.2, 0.25) is 0 Å². The minimum Gasteiger partial charge on any atom is -0.421 e. The van der Waals surface area contributed by atoms with E-state index in [9.17, 15) is 9.59 Å². The van der Waals surface area contributed by atoms with Crippen LogP contribution in [0.15, 0.2) is 62.6 Å². The highest BCUT2D eigenvalue weighted by atomic mass is 32.2. The summed E-state index contributed by atoms with van der Waals surface area (Å²) in [6.07, 6.45) is 1.96. The lowest BCUT2D eigenvalue weighted by Crippen LogP contribution is -2.24. The van der Waals surface area contributed by atoms with Crippen LogP contribution in [0.4, 0.5) is 21.9 Å². The molecule has 0 fully saturated rings. The average Bonchev–Trinajstić information content (AvgIpc) is 2.62. The quantitative estimate of drug-likeness (QED) is 0.482. The lowest BCUT2D eigenvalue weighted by atomic mass is 10.2. The lowest BCUT2D eigenvalue weighted by molar-refractivity contribution is 0.262. The van der Waals surface area contributed by atoms with E-state index >= 15 is 0 Å². The molecule has 0 bridgehead atoms. The van der Waals surface area contributed by atoms with E-state index in [-0.39, 0.29) is 5.69 Å². The van der Waals surface area contributed by atoms with Gasteiger partial charge in [0.25, 0.3) is 0 Å². The molecule has 0 saturated heterocycles. The normalized spacial score (nSPS) is 10.5. The number of thioether (sulfide) groups is 1. The third-order valence-electron chi connectivity index (χ3n) is 3.63. The molecule has 0 spiro atoms. The molecular weight excluding hydrogens is 338 g/mol. The molecule has 3 N–H and O–H groups in total. The van der Waals surface area contributed by atoms with Crippen LogP contribution in [0.1, 0.15) is 0 Å². The van der Waals surface area contributed by atoms with Crippen molar-refractivity contribution in [1.29, 1.82) is 0 Å². The number of anilines is 3. The predicted molar refractivity (Wildman–Crippen MR) is 103 cm³/mol. The third kappa shape index (κ3) is 3.61. The molecule has 25 heavy (non-hydrogen) atoms. The van der Waals surface area contributed by atoms with Crippen LogP contribution >= 0.6 is 11.8 Å². The Labute approximate surface area is 148 Å². The van der Waals surface area contributed by atoms with Gasteiger partial charge in [-0.2, -0.15) is 0 Å². The van der Waals surface area contributed by atoms with Crippen LogP contribution in [-0.4, -0.2) is 19.3 Å². The van der Waals surface area contributed by atoms with Crippen LogP contribution in [0.2, 0.25) is 0 Å².